The predicted molar refractivity (Wildman–Crippen MR) is 107 cm³/mol. The highest BCUT2D eigenvalue weighted by Crippen LogP contribution is 2.44. The lowest BCUT2D eigenvalue weighted by atomic mass is 9.91. The first-order valence-corrected chi connectivity index (χ1v) is 8.86. The summed E-state index contributed by atoms with van der Waals surface area (Å²) < 4.78 is 96.0. The summed E-state index contributed by atoms with van der Waals surface area (Å²) in [7, 11) is 0. The maximum absolute atomic E-state index is 14.0. The van der Waals surface area contributed by atoms with Crippen LogP contribution in [0.15, 0.2) is 36.4 Å². The van der Waals surface area contributed by atoms with Crippen LogP contribution in [0.1, 0.15) is 22.7 Å². The average molecular weight is 511 g/mol. The smallest absolute Gasteiger partial charge is 0.505 e. The lowest BCUT2D eigenvalue weighted by Gasteiger charge is -2.37. The maximum atomic E-state index is 14.0. The zero-order valence-electron chi connectivity index (χ0n) is 16.1. The van der Waals surface area contributed by atoms with Crippen molar-refractivity contribution in [2.24, 2.45) is 0 Å². The molecule has 0 bridgehead atoms. The van der Waals surface area contributed by atoms with E-state index in [0.717, 1.165) is 24.3 Å². The Balaban J connectivity index is 0.00000256. The van der Waals surface area contributed by atoms with Crippen molar-refractivity contribution >= 4 is 24.8 Å². The van der Waals surface area contributed by atoms with Gasteiger partial charge >= 0.3 is 12.5 Å². The van der Waals surface area contributed by atoms with Gasteiger partial charge in [0.25, 0.3) is 0 Å². The molecule has 0 amide bonds. The minimum atomic E-state index is -4.93. The van der Waals surface area contributed by atoms with Crippen LogP contribution in [0.5, 0.6) is 11.5 Å². The second kappa shape index (κ2) is 10.8. The minimum Gasteiger partial charge on any atom is -0.505 e. The van der Waals surface area contributed by atoms with Gasteiger partial charge in [0.05, 0.1) is 11.6 Å². The second-order valence-corrected chi connectivity index (χ2v) is 6.66. The van der Waals surface area contributed by atoms with E-state index in [4.69, 9.17) is 0 Å². The van der Waals surface area contributed by atoms with Gasteiger partial charge in [-0.25, -0.2) is 4.39 Å². The molecule has 0 unspecified atom stereocenters. The van der Waals surface area contributed by atoms with Crippen LogP contribution in [0.2, 0.25) is 0 Å². The van der Waals surface area contributed by atoms with Gasteiger partial charge in [0.15, 0.2) is 11.6 Å². The first kappa shape index (κ1) is 28.1. The molecule has 2 aromatic rings. The van der Waals surface area contributed by atoms with Gasteiger partial charge in [-0.2, -0.15) is 13.2 Å². The number of alkyl halides is 6. The van der Waals surface area contributed by atoms with Gasteiger partial charge in [-0.05, 0) is 29.8 Å². The van der Waals surface area contributed by atoms with Gasteiger partial charge in [0, 0.05) is 31.7 Å². The Hall–Kier alpha value is -1.95. The Morgan fingerprint density at radius 3 is 1.97 bits per heavy atom. The summed E-state index contributed by atoms with van der Waals surface area (Å²) >= 11 is 0. The van der Waals surface area contributed by atoms with E-state index in [1.165, 1.54) is 0 Å². The van der Waals surface area contributed by atoms with Crippen molar-refractivity contribution in [1.29, 1.82) is 0 Å². The molecule has 180 valence electrons. The monoisotopic (exact) mass is 510 g/mol. The van der Waals surface area contributed by atoms with Crippen LogP contribution in [0.3, 0.4) is 0 Å². The van der Waals surface area contributed by atoms with Crippen LogP contribution in [0.25, 0.3) is 0 Å². The molecule has 1 atom stereocenters. The number of rotatable bonds is 4. The van der Waals surface area contributed by atoms with Gasteiger partial charge in [0.1, 0.15) is 5.75 Å². The van der Waals surface area contributed by atoms with E-state index >= 15 is 0 Å². The number of ether oxygens (including phenoxy) is 1. The molecule has 4 nitrogen and oxygen atoms in total. The molecule has 0 radical (unpaired) electrons. The molecule has 0 saturated carbocycles. The van der Waals surface area contributed by atoms with E-state index in [2.05, 4.69) is 10.1 Å². The van der Waals surface area contributed by atoms with Crippen LogP contribution in [-0.4, -0.2) is 42.5 Å². The molecule has 0 aliphatic carbocycles. The Morgan fingerprint density at radius 2 is 1.47 bits per heavy atom. The Labute approximate surface area is 191 Å². The number of phenols is 1. The predicted octanol–water partition coefficient (Wildman–Crippen LogP) is 5.29. The fourth-order valence-corrected chi connectivity index (χ4v) is 3.46. The molecule has 1 aliphatic rings. The fraction of sp³-hybridized carbons (Fsp3) is 0.368. The van der Waals surface area contributed by atoms with Crippen molar-refractivity contribution in [3.63, 3.8) is 0 Å². The summed E-state index contributed by atoms with van der Waals surface area (Å²) in [5.41, 5.74) is -1.76. The highest BCUT2D eigenvalue weighted by molar-refractivity contribution is 5.85. The molecular formula is C19H19Cl2F7N2O2. The maximum Gasteiger partial charge on any atom is 0.573 e. The third kappa shape index (κ3) is 6.53. The molecule has 13 heteroatoms. The summed E-state index contributed by atoms with van der Waals surface area (Å²) in [6.07, 6.45) is -9.81. The van der Waals surface area contributed by atoms with E-state index in [1.54, 1.807) is 4.90 Å². The summed E-state index contributed by atoms with van der Waals surface area (Å²) in [5, 5.41) is 13.3. The van der Waals surface area contributed by atoms with Crippen molar-refractivity contribution in [2.75, 3.05) is 26.2 Å². The molecule has 1 heterocycles. The minimum absolute atomic E-state index is 0. The van der Waals surface area contributed by atoms with E-state index in [9.17, 15) is 35.8 Å². The number of nitrogens with zero attached hydrogens (tertiary/aromatic N) is 1. The number of hydrogen-bond donors (Lipinski definition) is 2. The summed E-state index contributed by atoms with van der Waals surface area (Å²) in [6, 6.07) is 4.08. The zero-order chi connectivity index (χ0) is 22.1. The molecular weight excluding hydrogens is 492 g/mol. The molecule has 2 aromatic carbocycles. The Morgan fingerprint density at radius 1 is 0.906 bits per heavy atom. The van der Waals surface area contributed by atoms with Gasteiger partial charge in [-0.15, -0.1) is 38.0 Å². The van der Waals surface area contributed by atoms with Crippen LogP contribution >= 0.6 is 24.8 Å². The van der Waals surface area contributed by atoms with E-state index in [1.807, 2.05) is 0 Å². The van der Waals surface area contributed by atoms with Crippen LogP contribution in [0.4, 0.5) is 30.7 Å². The number of benzene rings is 2. The number of piperazine rings is 1. The molecule has 1 fully saturated rings. The Kier molecular flexibility index (Phi) is 9.46. The van der Waals surface area contributed by atoms with Gasteiger partial charge in [0.2, 0.25) is 0 Å². The van der Waals surface area contributed by atoms with Crippen molar-refractivity contribution in [1.82, 2.24) is 10.2 Å². The van der Waals surface area contributed by atoms with Crippen LogP contribution in [-0.2, 0) is 6.18 Å². The van der Waals surface area contributed by atoms with Crippen LogP contribution in [0, 0.1) is 5.82 Å². The molecule has 2 N–H and O–H groups in total. The first-order valence-electron chi connectivity index (χ1n) is 8.86. The van der Waals surface area contributed by atoms with E-state index < -0.39 is 47.0 Å². The SMILES string of the molecule is Cl.Cl.Oc1c(F)ccc(C(F)(F)F)c1[C@@H](c1ccc(OC(F)(F)F)cc1)N1CCNCC1. The highest BCUT2D eigenvalue weighted by Gasteiger charge is 2.40. The molecule has 0 aromatic heterocycles. The van der Waals surface area contributed by atoms with Gasteiger partial charge in [-0.3, -0.25) is 4.90 Å². The summed E-state index contributed by atoms with van der Waals surface area (Å²) in [4.78, 5) is 1.60. The normalized spacial score (nSPS) is 16.0. The van der Waals surface area contributed by atoms with Gasteiger partial charge < -0.3 is 15.2 Å². The van der Waals surface area contributed by atoms with Crippen molar-refractivity contribution in [2.45, 2.75) is 18.6 Å². The van der Waals surface area contributed by atoms with Crippen LogP contribution < -0.4 is 10.1 Å². The van der Waals surface area contributed by atoms with E-state index in [0.29, 0.717) is 25.2 Å². The summed E-state index contributed by atoms with van der Waals surface area (Å²) in [6.45, 7) is 1.42. The number of aromatic hydroxyl groups is 1. The van der Waals surface area contributed by atoms with Crippen molar-refractivity contribution < 1.29 is 40.6 Å². The Bertz CT molecular complexity index is 887. The number of phenolic OH excluding ortho intramolecular Hbond substituents is 1. The van der Waals surface area contributed by atoms with Crippen molar-refractivity contribution in [3.05, 3.63) is 58.9 Å². The van der Waals surface area contributed by atoms with E-state index in [-0.39, 0.29) is 43.5 Å². The largest absolute Gasteiger partial charge is 0.573 e. The lowest BCUT2D eigenvalue weighted by molar-refractivity contribution is -0.274. The average Bonchev–Trinajstić information content (AvgIpc) is 2.65. The third-order valence-corrected chi connectivity index (χ3v) is 4.69. The number of hydrogen-bond acceptors (Lipinski definition) is 4. The molecule has 32 heavy (non-hydrogen) atoms. The molecule has 3 rings (SSSR count). The standard InChI is InChI=1S/C19H17F7N2O2.2ClH/c20-14-6-5-13(18(21,22)23)15(17(14)29)16(28-9-7-27-8-10-28)11-1-3-12(4-2-11)30-19(24,25)26;;/h1-6,16,27,29H,7-10H2;2*1H/t16-;;/m1../s1. The van der Waals surface area contributed by atoms with Gasteiger partial charge in [-0.1, -0.05) is 12.1 Å². The zero-order valence-corrected chi connectivity index (χ0v) is 17.8. The van der Waals surface area contributed by atoms with Crippen molar-refractivity contribution in [3.8, 4) is 11.5 Å². The number of halogens is 9. The molecule has 1 saturated heterocycles. The third-order valence-electron chi connectivity index (χ3n) is 4.69. The quantitative estimate of drug-likeness (QED) is 0.549. The molecule has 0 spiro atoms. The fourth-order valence-electron chi connectivity index (χ4n) is 3.46. The number of nitrogens with one attached hydrogen (secondary N) is 1. The highest BCUT2D eigenvalue weighted by atomic mass is 35.5. The topological polar surface area (TPSA) is 44.7 Å². The molecule has 1 aliphatic heterocycles. The summed E-state index contributed by atoms with van der Waals surface area (Å²) in [5.74, 6) is -2.93. The lowest BCUT2D eigenvalue weighted by Crippen LogP contribution is -2.45. The first-order chi connectivity index (χ1) is 14.0. The second-order valence-electron chi connectivity index (χ2n) is 6.66.